The second-order valence-corrected chi connectivity index (χ2v) is 6.25. The van der Waals surface area contributed by atoms with E-state index in [1.807, 2.05) is 0 Å². The number of ether oxygens (including phenoxy) is 1. The van der Waals surface area contributed by atoms with E-state index in [-0.39, 0.29) is 17.6 Å². The van der Waals surface area contributed by atoms with E-state index in [9.17, 15) is 0 Å². The minimum absolute atomic E-state index is 0.0902. The predicted octanol–water partition coefficient (Wildman–Crippen LogP) is 3.46. The fraction of sp³-hybridized carbons (Fsp3) is 0.600. The lowest BCUT2D eigenvalue weighted by Crippen LogP contribution is -2.29. The lowest BCUT2D eigenvalue weighted by atomic mass is 9.82. The molecule has 1 aliphatic rings. The van der Waals surface area contributed by atoms with Gasteiger partial charge in [-0.1, -0.05) is 38.5 Å². The minimum Gasteiger partial charge on any atom is -0.490 e. The van der Waals surface area contributed by atoms with Crippen LogP contribution in [0.3, 0.4) is 0 Å². The molecule has 0 amide bonds. The highest BCUT2D eigenvalue weighted by Crippen LogP contribution is 2.41. The number of rotatable bonds is 0. The lowest BCUT2D eigenvalue weighted by molar-refractivity contribution is 0.172. The summed E-state index contributed by atoms with van der Waals surface area (Å²) in [6.45, 7) is 10.9. The van der Waals surface area contributed by atoms with Crippen molar-refractivity contribution in [1.82, 2.24) is 0 Å². The molecule has 0 spiro atoms. The summed E-state index contributed by atoms with van der Waals surface area (Å²) in [5.74, 6) is 1.02. The molecule has 2 atom stereocenters. The van der Waals surface area contributed by atoms with Crippen LogP contribution in [0.15, 0.2) is 12.1 Å². The summed E-state index contributed by atoms with van der Waals surface area (Å²) in [5, 5.41) is 0. The third-order valence-electron chi connectivity index (χ3n) is 3.37. The first kappa shape index (κ1) is 12.4. The van der Waals surface area contributed by atoms with E-state index in [0.29, 0.717) is 0 Å². The Morgan fingerprint density at radius 3 is 2.53 bits per heavy atom. The van der Waals surface area contributed by atoms with Gasteiger partial charge in [-0.25, -0.2) is 0 Å². The second-order valence-electron chi connectivity index (χ2n) is 6.25. The molecule has 2 N–H and O–H groups in total. The summed E-state index contributed by atoms with van der Waals surface area (Å²) >= 11 is 0. The Morgan fingerprint density at radius 1 is 1.29 bits per heavy atom. The van der Waals surface area contributed by atoms with Crippen molar-refractivity contribution in [1.29, 1.82) is 0 Å². The van der Waals surface area contributed by atoms with Gasteiger partial charge in [0, 0.05) is 23.6 Å². The number of nitrogens with two attached hydrogens (primary N) is 1. The van der Waals surface area contributed by atoms with Crippen LogP contribution in [-0.4, -0.2) is 6.10 Å². The van der Waals surface area contributed by atoms with Gasteiger partial charge in [0.1, 0.15) is 5.75 Å². The van der Waals surface area contributed by atoms with E-state index in [1.165, 1.54) is 16.7 Å². The fourth-order valence-electron chi connectivity index (χ4n) is 2.50. The highest BCUT2D eigenvalue weighted by molar-refractivity contribution is 5.50. The van der Waals surface area contributed by atoms with E-state index in [1.54, 1.807) is 0 Å². The van der Waals surface area contributed by atoms with Crippen molar-refractivity contribution in [3.05, 3.63) is 28.8 Å². The normalized spacial score (nSPS) is 24.1. The Labute approximate surface area is 104 Å². The van der Waals surface area contributed by atoms with E-state index in [2.05, 4.69) is 46.8 Å². The number of hydrogen-bond acceptors (Lipinski definition) is 2. The van der Waals surface area contributed by atoms with Crippen LogP contribution in [-0.2, 0) is 5.41 Å². The average molecular weight is 233 g/mol. The van der Waals surface area contributed by atoms with Crippen LogP contribution in [0.25, 0.3) is 0 Å². The molecule has 0 fully saturated rings. The van der Waals surface area contributed by atoms with E-state index < -0.39 is 0 Å². The average Bonchev–Trinajstić information content (AvgIpc) is 2.16. The summed E-state index contributed by atoms with van der Waals surface area (Å²) in [4.78, 5) is 0. The van der Waals surface area contributed by atoms with Crippen LogP contribution in [0, 0.1) is 6.92 Å². The van der Waals surface area contributed by atoms with Gasteiger partial charge in [0.2, 0.25) is 0 Å². The van der Waals surface area contributed by atoms with Crippen molar-refractivity contribution >= 4 is 0 Å². The van der Waals surface area contributed by atoms with Crippen LogP contribution in [0.2, 0.25) is 0 Å². The molecule has 1 aromatic carbocycles. The molecule has 0 aromatic heterocycles. The SMILES string of the molecule is Cc1cc2c(c(C(C)(C)C)c1)OC(C)CC2N. The molecule has 0 aliphatic carbocycles. The molecule has 1 aromatic rings. The lowest BCUT2D eigenvalue weighted by Gasteiger charge is -2.33. The van der Waals surface area contributed by atoms with Gasteiger partial charge in [-0.2, -0.15) is 0 Å². The van der Waals surface area contributed by atoms with Crippen molar-refractivity contribution in [3.63, 3.8) is 0 Å². The summed E-state index contributed by atoms with van der Waals surface area (Å²) in [7, 11) is 0. The largest absolute Gasteiger partial charge is 0.490 e. The first-order chi connectivity index (χ1) is 7.79. The first-order valence-electron chi connectivity index (χ1n) is 6.36. The standard InChI is InChI=1S/C15H23NO/c1-9-6-11-13(16)8-10(2)17-14(11)12(7-9)15(3,4)5/h6-7,10,13H,8,16H2,1-5H3. The quantitative estimate of drug-likeness (QED) is 0.744. The van der Waals surface area contributed by atoms with Crippen molar-refractivity contribution in [2.45, 2.75) is 58.6 Å². The Kier molecular flexibility index (Phi) is 2.94. The molecule has 0 bridgehead atoms. The molecule has 2 heteroatoms. The zero-order valence-corrected chi connectivity index (χ0v) is 11.5. The molecule has 1 aliphatic heterocycles. The van der Waals surface area contributed by atoms with Gasteiger partial charge >= 0.3 is 0 Å². The van der Waals surface area contributed by atoms with E-state index in [0.717, 1.165) is 12.2 Å². The monoisotopic (exact) mass is 233 g/mol. The van der Waals surface area contributed by atoms with Gasteiger partial charge in [0.05, 0.1) is 6.10 Å². The fourth-order valence-corrected chi connectivity index (χ4v) is 2.50. The van der Waals surface area contributed by atoms with Crippen molar-refractivity contribution in [2.24, 2.45) is 5.73 Å². The molecule has 2 nitrogen and oxygen atoms in total. The Morgan fingerprint density at radius 2 is 1.94 bits per heavy atom. The molecular weight excluding hydrogens is 210 g/mol. The van der Waals surface area contributed by atoms with Gasteiger partial charge in [-0.05, 0) is 19.3 Å². The second kappa shape index (κ2) is 4.02. The first-order valence-corrected chi connectivity index (χ1v) is 6.36. The Balaban J connectivity index is 2.62. The smallest absolute Gasteiger partial charge is 0.128 e. The summed E-state index contributed by atoms with van der Waals surface area (Å²) in [6, 6.07) is 4.50. The topological polar surface area (TPSA) is 35.2 Å². The number of fused-ring (bicyclic) bond motifs is 1. The maximum absolute atomic E-state index is 6.24. The zero-order valence-electron chi connectivity index (χ0n) is 11.5. The number of hydrogen-bond donors (Lipinski definition) is 1. The molecule has 2 rings (SSSR count). The maximum atomic E-state index is 6.24. The highest BCUT2D eigenvalue weighted by atomic mass is 16.5. The zero-order chi connectivity index (χ0) is 12.8. The molecule has 1 heterocycles. The summed E-state index contributed by atoms with van der Waals surface area (Å²) in [6.07, 6.45) is 1.11. The van der Waals surface area contributed by atoms with Crippen molar-refractivity contribution in [3.8, 4) is 5.75 Å². The van der Waals surface area contributed by atoms with Gasteiger partial charge < -0.3 is 10.5 Å². The molecule has 17 heavy (non-hydrogen) atoms. The Hall–Kier alpha value is -1.02. The van der Waals surface area contributed by atoms with Gasteiger partial charge in [0.25, 0.3) is 0 Å². The van der Waals surface area contributed by atoms with Crippen molar-refractivity contribution in [2.75, 3.05) is 0 Å². The van der Waals surface area contributed by atoms with Crippen molar-refractivity contribution < 1.29 is 4.74 Å². The summed E-state index contributed by atoms with van der Waals surface area (Å²) < 4.78 is 6.03. The van der Waals surface area contributed by atoms with E-state index in [4.69, 9.17) is 10.5 Å². The summed E-state index contributed by atoms with van der Waals surface area (Å²) in [5.41, 5.74) is 10.0. The number of aryl methyl sites for hydroxylation is 1. The number of benzene rings is 1. The molecule has 0 saturated carbocycles. The third-order valence-corrected chi connectivity index (χ3v) is 3.37. The maximum Gasteiger partial charge on any atom is 0.128 e. The molecule has 94 valence electrons. The van der Waals surface area contributed by atoms with Crippen LogP contribution in [0.1, 0.15) is 56.8 Å². The molecule has 2 unspecified atom stereocenters. The van der Waals surface area contributed by atoms with E-state index >= 15 is 0 Å². The van der Waals surface area contributed by atoms with Gasteiger partial charge in [-0.15, -0.1) is 0 Å². The van der Waals surface area contributed by atoms with Crippen LogP contribution < -0.4 is 10.5 Å². The van der Waals surface area contributed by atoms with Gasteiger partial charge in [0.15, 0.2) is 0 Å². The Bertz CT molecular complexity index is 431. The van der Waals surface area contributed by atoms with Crippen LogP contribution in [0.4, 0.5) is 0 Å². The minimum atomic E-state index is 0.0902. The molecule has 0 radical (unpaired) electrons. The van der Waals surface area contributed by atoms with Crippen LogP contribution in [0.5, 0.6) is 5.75 Å². The van der Waals surface area contributed by atoms with Crippen LogP contribution >= 0.6 is 0 Å². The van der Waals surface area contributed by atoms with Gasteiger partial charge in [-0.3, -0.25) is 0 Å². The molecular formula is C15H23NO. The predicted molar refractivity (Wildman–Crippen MR) is 71.5 cm³/mol. The highest BCUT2D eigenvalue weighted by Gasteiger charge is 2.29. The molecule has 0 saturated heterocycles. The third kappa shape index (κ3) is 2.32.